The summed E-state index contributed by atoms with van der Waals surface area (Å²) in [6.45, 7) is 1.83. The molecule has 4 rings (SSSR count). The van der Waals surface area contributed by atoms with Crippen LogP contribution in [0.2, 0.25) is 0 Å². The van der Waals surface area contributed by atoms with E-state index in [4.69, 9.17) is 10.4 Å². The fourth-order valence-electron chi connectivity index (χ4n) is 3.14. The van der Waals surface area contributed by atoms with Gasteiger partial charge in [-0.1, -0.05) is 24.3 Å². The number of carbonyl (C=O) groups is 1. The van der Waals surface area contributed by atoms with Gasteiger partial charge in [0.25, 0.3) is 5.56 Å². The van der Waals surface area contributed by atoms with E-state index in [0.717, 1.165) is 22.4 Å². The lowest BCUT2D eigenvalue weighted by Crippen LogP contribution is -2.14. The van der Waals surface area contributed by atoms with Crippen molar-refractivity contribution >= 4 is 11.6 Å². The Balaban J connectivity index is 1.91. The van der Waals surface area contributed by atoms with E-state index in [1.807, 2.05) is 6.92 Å². The second-order valence-corrected chi connectivity index (χ2v) is 6.32. The van der Waals surface area contributed by atoms with Gasteiger partial charge in [-0.25, -0.2) is 14.3 Å². The minimum Gasteiger partial charge on any atom is -0.478 e. The second-order valence-electron chi connectivity index (χ2n) is 6.32. The number of nitrogens with one attached hydrogen (secondary N) is 1. The largest absolute Gasteiger partial charge is 0.478 e. The molecule has 0 bridgehead atoms. The van der Waals surface area contributed by atoms with Gasteiger partial charge in [-0.15, -0.1) is 0 Å². The van der Waals surface area contributed by atoms with Gasteiger partial charge >= 0.3 is 5.97 Å². The summed E-state index contributed by atoms with van der Waals surface area (Å²) in [6, 6.07) is 16.8. The molecule has 0 spiro atoms. The summed E-state index contributed by atoms with van der Waals surface area (Å²) in [5.74, 6) is -1.00. The SMILES string of the molecule is Cc1[nH]n2c(=O)cc(-c3ccc(C#N)cc3)nc2c1-c1ccc(C(=O)O)cc1. The number of nitriles is 1. The number of hydrogen-bond donors (Lipinski definition) is 2. The lowest BCUT2D eigenvalue weighted by molar-refractivity contribution is 0.0697. The van der Waals surface area contributed by atoms with Gasteiger partial charge in [0.1, 0.15) is 0 Å². The van der Waals surface area contributed by atoms with Crippen molar-refractivity contribution < 1.29 is 9.90 Å². The number of aryl methyl sites for hydroxylation is 1. The highest BCUT2D eigenvalue weighted by atomic mass is 16.4. The number of carboxylic acid groups (broad SMARTS) is 1. The van der Waals surface area contributed by atoms with E-state index in [0.29, 0.717) is 16.9 Å². The van der Waals surface area contributed by atoms with Crippen LogP contribution < -0.4 is 5.56 Å². The van der Waals surface area contributed by atoms with Gasteiger partial charge in [0.05, 0.1) is 22.9 Å². The van der Waals surface area contributed by atoms with Crippen molar-refractivity contribution in [3.8, 4) is 28.5 Å². The van der Waals surface area contributed by atoms with Crippen molar-refractivity contribution in [2.24, 2.45) is 0 Å². The van der Waals surface area contributed by atoms with Gasteiger partial charge in [0.2, 0.25) is 0 Å². The van der Waals surface area contributed by atoms with Crippen molar-refractivity contribution in [1.29, 1.82) is 5.26 Å². The Morgan fingerprint density at radius 3 is 2.36 bits per heavy atom. The van der Waals surface area contributed by atoms with Crippen molar-refractivity contribution in [3.63, 3.8) is 0 Å². The van der Waals surface area contributed by atoms with E-state index in [1.54, 1.807) is 36.4 Å². The molecule has 2 heterocycles. The molecule has 0 aliphatic carbocycles. The molecule has 136 valence electrons. The number of aromatic nitrogens is 3. The fourth-order valence-corrected chi connectivity index (χ4v) is 3.14. The smallest absolute Gasteiger partial charge is 0.335 e. The molecule has 0 saturated carbocycles. The maximum atomic E-state index is 12.6. The van der Waals surface area contributed by atoms with Crippen LogP contribution in [0.25, 0.3) is 28.0 Å². The van der Waals surface area contributed by atoms with E-state index < -0.39 is 5.97 Å². The molecular formula is C21H14N4O3. The van der Waals surface area contributed by atoms with Crippen molar-refractivity contribution in [2.75, 3.05) is 0 Å². The first kappa shape index (κ1) is 17.2. The summed E-state index contributed by atoms with van der Waals surface area (Å²) in [6.07, 6.45) is 0. The third-order valence-corrected chi connectivity index (χ3v) is 4.53. The quantitative estimate of drug-likeness (QED) is 0.575. The number of aromatic amines is 1. The Labute approximate surface area is 159 Å². The molecule has 0 atom stereocenters. The van der Waals surface area contributed by atoms with Gasteiger partial charge in [-0.3, -0.25) is 9.89 Å². The molecular weight excluding hydrogens is 356 g/mol. The van der Waals surface area contributed by atoms with Crippen LogP contribution in [-0.2, 0) is 0 Å². The molecule has 0 aliphatic heterocycles. The number of aromatic carboxylic acids is 1. The number of nitrogens with zero attached hydrogens (tertiary/aromatic N) is 3. The van der Waals surface area contributed by atoms with E-state index >= 15 is 0 Å². The standard InChI is InChI=1S/C21H14N4O3/c1-12-19(15-6-8-16(9-7-15)21(27)28)20-23-17(10-18(26)25(20)24-12)14-4-2-13(11-22)3-5-14/h2-10,24H,1H3,(H,27,28). The molecule has 2 N–H and O–H groups in total. The molecule has 0 unspecified atom stereocenters. The average molecular weight is 370 g/mol. The van der Waals surface area contributed by atoms with Crippen LogP contribution in [0.3, 0.4) is 0 Å². The van der Waals surface area contributed by atoms with Crippen LogP contribution in [0.5, 0.6) is 0 Å². The lowest BCUT2D eigenvalue weighted by atomic mass is 10.0. The molecule has 2 aromatic heterocycles. The minimum atomic E-state index is -1.00. The predicted molar refractivity (Wildman–Crippen MR) is 103 cm³/mol. The van der Waals surface area contributed by atoms with Crippen LogP contribution >= 0.6 is 0 Å². The van der Waals surface area contributed by atoms with E-state index in [-0.39, 0.29) is 11.1 Å². The molecule has 4 aromatic rings. The molecule has 0 fully saturated rings. The van der Waals surface area contributed by atoms with E-state index in [9.17, 15) is 9.59 Å². The number of fused-ring (bicyclic) bond motifs is 1. The Bertz CT molecular complexity index is 1310. The van der Waals surface area contributed by atoms with E-state index in [1.165, 1.54) is 22.7 Å². The maximum Gasteiger partial charge on any atom is 0.335 e. The Hall–Kier alpha value is -4.18. The third kappa shape index (κ3) is 2.83. The lowest BCUT2D eigenvalue weighted by Gasteiger charge is -2.04. The predicted octanol–water partition coefficient (Wildman–Crippen LogP) is 3.23. The van der Waals surface area contributed by atoms with Crippen LogP contribution in [0, 0.1) is 18.3 Å². The van der Waals surface area contributed by atoms with Crippen molar-refractivity contribution in [1.82, 2.24) is 14.6 Å². The zero-order valence-electron chi connectivity index (χ0n) is 14.8. The van der Waals surface area contributed by atoms with Gasteiger partial charge in [0.15, 0.2) is 5.65 Å². The first-order valence-electron chi connectivity index (χ1n) is 8.44. The Morgan fingerprint density at radius 1 is 1.11 bits per heavy atom. The molecule has 0 saturated heterocycles. The number of rotatable bonds is 3. The van der Waals surface area contributed by atoms with Crippen LogP contribution in [0.1, 0.15) is 21.6 Å². The molecule has 0 amide bonds. The molecule has 7 heteroatoms. The summed E-state index contributed by atoms with van der Waals surface area (Å²) < 4.78 is 1.36. The van der Waals surface area contributed by atoms with Gasteiger partial charge in [-0.05, 0) is 36.8 Å². The normalized spacial score (nSPS) is 10.7. The molecule has 7 nitrogen and oxygen atoms in total. The highest BCUT2D eigenvalue weighted by molar-refractivity contribution is 5.89. The van der Waals surface area contributed by atoms with Gasteiger partial charge in [0, 0.05) is 22.9 Å². The number of benzene rings is 2. The van der Waals surface area contributed by atoms with Crippen molar-refractivity contribution in [2.45, 2.75) is 6.92 Å². The fraction of sp³-hybridized carbons (Fsp3) is 0.0476. The highest BCUT2D eigenvalue weighted by Crippen LogP contribution is 2.28. The maximum absolute atomic E-state index is 12.6. The third-order valence-electron chi connectivity index (χ3n) is 4.53. The summed E-state index contributed by atoms with van der Waals surface area (Å²) in [7, 11) is 0. The van der Waals surface area contributed by atoms with Crippen LogP contribution in [0.15, 0.2) is 59.4 Å². The number of carboxylic acids is 1. The highest BCUT2D eigenvalue weighted by Gasteiger charge is 2.16. The number of H-pyrrole nitrogens is 1. The molecule has 0 aliphatic rings. The monoisotopic (exact) mass is 370 g/mol. The van der Waals surface area contributed by atoms with Crippen LogP contribution in [-0.4, -0.2) is 25.7 Å². The number of hydrogen-bond acceptors (Lipinski definition) is 4. The summed E-state index contributed by atoms with van der Waals surface area (Å²) >= 11 is 0. The zero-order valence-corrected chi connectivity index (χ0v) is 14.8. The van der Waals surface area contributed by atoms with E-state index in [2.05, 4.69) is 16.2 Å². The average Bonchev–Trinajstić information content (AvgIpc) is 3.04. The molecule has 0 radical (unpaired) electrons. The van der Waals surface area contributed by atoms with Gasteiger partial charge in [-0.2, -0.15) is 5.26 Å². The zero-order chi connectivity index (χ0) is 19.8. The summed E-state index contributed by atoms with van der Waals surface area (Å²) in [4.78, 5) is 28.3. The summed E-state index contributed by atoms with van der Waals surface area (Å²) in [5, 5.41) is 21.0. The minimum absolute atomic E-state index is 0.185. The first-order chi connectivity index (χ1) is 13.5. The Kier molecular flexibility index (Phi) is 4.02. The second kappa shape index (κ2) is 6.52. The molecule has 28 heavy (non-hydrogen) atoms. The Morgan fingerprint density at radius 2 is 1.75 bits per heavy atom. The first-order valence-corrected chi connectivity index (χ1v) is 8.44. The van der Waals surface area contributed by atoms with Crippen LogP contribution in [0.4, 0.5) is 0 Å². The van der Waals surface area contributed by atoms with Crippen molar-refractivity contribution in [3.05, 3.63) is 81.8 Å². The van der Waals surface area contributed by atoms with Gasteiger partial charge < -0.3 is 5.11 Å². The summed E-state index contributed by atoms with van der Waals surface area (Å²) in [5.41, 5.74) is 4.34. The topological polar surface area (TPSA) is 111 Å². The molecule has 2 aromatic carbocycles.